The molecule has 0 unspecified atom stereocenters. The van der Waals surface area contributed by atoms with Crippen LogP contribution >= 0.6 is 0 Å². The minimum Gasteiger partial charge on any atom is -0.368 e. The number of nitrogens with two attached hydrogens (primary N) is 2. The number of carbonyl (C=O) groups is 1. The maximum atomic E-state index is 13.1. The number of fused-ring (bicyclic) bond motifs is 1. The van der Waals surface area contributed by atoms with Crippen molar-refractivity contribution >= 4 is 28.1 Å². The van der Waals surface area contributed by atoms with E-state index >= 15 is 0 Å². The molecule has 0 saturated heterocycles. The van der Waals surface area contributed by atoms with Crippen molar-refractivity contribution in [3.63, 3.8) is 0 Å². The number of hydrogen-bond acceptors (Lipinski definition) is 6. The molecular formula is C14H24N6O3S. The molecule has 24 heavy (non-hydrogen) atoms. The van der Waals surface area contributed by atoms with Crippen molar-refractivity contribution in [2.24, 2.45) is 5.84 Å². The van der Waals surface area contributed by atoms with Crippen molar-refractivity contribution in [3.8, 4) is 0 Å². The Labute approximate surface area is 141 Å². The van der Waals surface area contributed by atoms with Crippen LogP contribution in [0.3, 0.4) is 0 Å². The maximum absolute atomic E-state index is 13.1. The van der Waals surface area contributed by atoms with E-state index in [9.17, 15) is 13.2 Å². The normalized spacial score (nSPS) is 14.9. The van der Waals surface area contributed by atoms with E-state index in [2.05, 4.69) is 10.4 Å². The van der Waals surface area contributed by atoms with Crippen LogP contribution in [-0.4, -0.2) is 39.7 Å². The van der Waals surface area contributed by atoms with Crippen LogP contribution in [0.4, 0.5) is 5.95 Å². The summed E-state index contributed by atoms with van der Waals surface area (Å²) in [4.78, 5) is 15.8. The molecule has 1 amide bonds. The average molecular weight is 356 g/mol. The molecule has 0 aliphatic heterocycles. The van der Waals surface area contributed by atoms with Crippen LogP contribution in [-0.2, 0) is 21.4 Å². The Bertz CT molecular complexity index is 771. The van der Waals surface area contributed by atoms with Gasteiger partial charge in [0, 0.05) is 17.7 Å². The van der Waals surface area contributed by atoms with Gasteiger partial charge in [-0.1, -0.05) is 0 Å². The topological polar surface area (TPSA) is 136 Å². The molecule has 5 N–H and O–H groups in total. The van der Waals surface area contributed by atoms with Crippen LogP contribution in [0, 0.1) is 0 Å². The third-order valence-electron chi connectivity index (χ3n) is 3.86. The number of rotatable bonds is 5. The zero-order chi connectivity index (χ0) is 18.2. The standard InChI is InChI=1S/C14H24N6O3S/c1-8(2)19(9(3)4)24(22,23)20-12-6-5-10(13(21)18-16)7-11(12)17-14(20)15/h7-9H,5-6,16H2,1-4H3,(H2,15,17)(H,18,21). The Morgan fingerprint density at radius 3 is 2.38 bits per heavy atom. The lowest BCUT2D eigenvalue weighted by Gasteiger charge is -2.30. The second-order valence-electron chi connectivity index (χ2n) is 6.23. The summed E-state index contributed by atoms with van der Waals surface area (Å²) >= 11 is 0. The average Bonchev–Trinajstić information content (AvgIpc) is 2.80. The third kappa shape index (κ3) is 3.04. The van der Waals surface area contributed by atoms with Crippen molar-refractivity contribution in [2.45, 2.75) is 52.6 Å². The van der Waals surface area contributed by atoms with E-state index in [4.69, 9.17) is 11.6 Å². The van der Waals surface area contributed by atoms with Crippen LogP contribution in [0.5, 0.6) is 0 Å². The smallest absolute Gasteiger partial charge is 0.311 e. The number of nitrogen functional groups attached to an aromatic ring is 1. The molecule has 1 aromatic heterocycles. The molecule has 0 aromatic carbocycles. The number of hydrazine groups is 1. The number of nitrogens with zero attached hydrogens (tertiary/aromatic N) is 3. The highest BCUT2D eigenvalue weighted by Crippen LogP contribution is 2.29. The molecule has 134 valence electrons. The first kappa shape index (κ1) is 18.4. The molecule has 0 saturated carbocycles. The second kappa shape index (κ2) is 6.54. The molecule has 9 nitrogen and oxygen atoms in total. The molecule has 2 rings (SSSR count). The predicted octanol–water partition coefficient (Wildman–Crippen LogP) is -0.00350. The van der Waals surface area contributed by atoms with Gasteiger partial charge >= 0.3 is 10.2 Å². The second-order valence-corrected chi connectivity index (χ2v) is 7.92. The van der Waals surface area contributed by atoms with Crippen molar-refractivity contribution in [2.75, 3.05) is 5.73 Å². The van der Waals surface area contributed by atoms with Crippen molar-refractivity contribution in [1.82, 2.24) is 18.7 Å². The molecule has 0 spiro atoms. The van der Waals surface area contributed by atoms with Crippen molar-refractivity contribution < 1.29 is 13.2 Å². The van der Waals surface area contributed by atoms with Gasteiger partial charge < -0.3 is 5.73 Å². The van der Waals surface area contributed by atoms with Crippen LogP contribution < -0.4 is 17.0 Å². The highest BCUT2D eigenvalue weighted by atomic mass is 32.2. The summed E-state index contributed by atoms with van der Waals surface area (Å²) in [5.41, 5.74) is 9.26. The summed E-state index contributed by atoms with van der Waals surface area (Å²) in [5, 5.41) is 0. The molecule has 1 heterocycles. The van der Waals surface area contributed by atoms with Gasteiger partial charge in [0.25, 0.3) is 5.91 Å². The molecular weight excluding hydrogens is 332 g/mol. The van der Waals surface area contributed by atoms with E-state index in [0.717, 1.165) is 3.97 Å². The van der Waals surface area contributed by atoms with E-state index in [1.54, 1.807) is 27.7 Å². The molecule has 0 atom stereocenters. The molecule has 1 aromatic rings. The number of aromatic nitrogens is 2. The fraction of sp³-hybridized carbons (Fsp3) is 0.571. The lowest BCUT2D eigenvalue weighted by molar-refractivity contribution is -0.117. The molecule has 0 fully saturated rings. The molecule has 1 aliphatic rings. The highest BCUT2D eigenvalue weighted by Gasteiger charge is 2.34. The number of hydrogen-bond donors (Lipinski definition) is 3. The first-order valence-electron chi connectivity index (χ1n) is 7.73. The van der Waals surface area contributed by atoms with Crippen molar-refractivity contribution in [1.29, 1.82) is 0 Å². The van der Waals surface area contributed by atoms with E-state index < -0.39 is 16.1 Å². The predicted molar refractivity (Wildman–Crippen MR) is 91.7 cm³/mol. The summed E-state index contributed by atoms with van der Waals surface area (Å²) < 4.78 is 28.6. The van der Waals surface area contributed by atoms with Crippen LogP contribution in [0.1, 0.15) is 45.5 Å². The summed E-state index contributed by atoms with van der Waals surface area (Å²) in [6.07, 6.45) is 2.22. The van der Waals surface area contributed by atoms with Crippen LogP contribution in [0.15, 0.2) is 5.57 Å². The number of amides is 1. The SMILES string of the molecule is CC(C)N(C(C)C)S(=O)(=O)n1c(N)nc2c1CCC(C(=O)NN)=C2. The Morgan fingerprint density at radius 1 is 1.29 bits per heavy atom. The minimum absolute atomic E-state index is 0.114. The first-order chi connectivity index (χ1) is 11.1. The van der Waals surface area contributed by atoms with Gasteiger partial charge in [0.1, 0.15) is 0 Å². The van der Waals surface area contributed by atoms with Gasteiger partial charge in [-0.15, -0.1) is 0 Å². The number of imidazole rings is 1. The van der Waals surface area contributed by atoms with Gasteiger partial charge in [-0.2, -0.15) is 16.7 Å². The van der Waals surface area contributed by atoms with E-state index in [1.807, 2.05) is 0 Å². The summed E-state index contributed by atoms with van der Waals surface area (Å²) in [5.74, 6) is 4.61. The van der Waals surface area contributed by atoms with Crippen molar-refractivity contribution in [3.05, 3.63) is 17.0 Å². The Morgan fingerprint density at radius 2 is 1.88 bits per heavy atom. The summed E-state index contributed by atoms with van der Waals surface area (Å²) in [7, 11) is -3.86. The largest absolute Gasteiger partial charge is 0.368 e. The van der Waals surface area contributed by atoms with Crippen LogP contribution in [0.2, 0.25) is 0 Å². The quantitative estimate of drug-likeness (QED) is 0.386. The Balaban J connectivity index is 2.57. The summed E-state index contributed by atoms with van der Waals surface area (Å²) in [6, 6.07) is -0.463. The Hall–Kier alpha value is -1.91. The van der Waals surface area contributed by atoms with Gasteiger partial charge in [-0.25, -0.2) is 10.8 Å². The van der Waals surface area contributed by atoms with Gasteiger partial charge in [-0.05, 0) is 46.6 Å². The molecule has 1 aliphatic carbocycles. The minimum atomic E-state index is -3.86. The van der Waals surface area contributed by atoms with E-state index in [-0.39, 0.29) is 18.0 Å². The number of carbonyl (C=O) groups excluding carboxylic acids is 1. The maximum Gasteiger partial charge on any atom is 0.311 e. The number of nitrogens with one attached hydrogen (secondary N) is 1. The van der Waals surface area contributed by atoms with Gasteiger partial charge in [-0.3, -0.25) is 10.2 Å². The third-order valence-corrected chi connectivity index (χ3v) is 6.11. The van der Waals surface area contributed by atoms with Crippen LogP contribution in [0.25, 0.3) is 6.08 Å². The monoisotopic (exact) mass is 356 g/mol. The zero-order valence-corrected chi connectivity index (χ0v) is 15.1. The highest BCUT2D eigenvalue weighted by molar-refractivity contribution is 7.87. The van der Waals surface area contributed by atoms with Gasteiger partial charge in [0.05, 0.1) is 11.4 Å². The lowest BCUT2D eigenvalue weighted by atomic mass is 10.00. The fourth-order valence-electron chi connectivity index (χ4n) is 3.06. The lowest BCUT2D eigenvalue weighted by Crippen LogP contribution is -2.45. The number of anilines is 1. The van der Waals surface area contributed by atoms with Gasteiger partial charge in [0.2, 0.25) is 5.95 Å². The fourth-order valence-corrected chi connectivity index (χ4v) is 5.06. The van der Waals surface area contributed by atoms with E-state index in [0.29, 0.717) is 29.8 Å². The van der Waals surface area contributed by atoms with E-state index in [1.165, 1.54) is 10.4 Å². The first-order valence-corrected chi connectivity index (χ1v) is 9.13. The molecule has 10 heteroatoms. The Kier molecular flexibility index (Phi) is 5.02. The molecule has 0 radical (unpaired) electrons. The summed E-state index contributed by atoms with van der Waals surface area (Å²) in [6.45, 7) is 7.23. The molecule has 0 bridgehead atoms. The zero-order valence-electron chi connectivity index (χ0n) is 14.3. The van der Waals surface area contributed by atoms with Gasteiger partial charge in [0.15, 0.2) is 0 Å².